The standard InChI is InChI=1S/C17H19F9O.C17H21F7O.C13H15F9O.C13H17F7O.C12H13F9O.C12H15F7O.12CH4/c1-5-6(2)8-3-7(5)11-9-4-10(12(8)11)14(19,20)13(9,18)15(27,16(21,22)23)17(24,25)26;1-6-7(2)10-4-9(6)12-8-3-11(13(10)12)14(18,5-8)15(25,16(19,20)21)17(22,23)24;1-5-6(2)8-3-7(5)9(14,11(8,15)16)4-10(23,12(17,18)19)13(20,21)22;1-6-7(2)9-3-8(6)4-10(9,14)5-11(21,12(15,16)17)13(18,19)20;1-4-5(2)7-3-6(4)8(13,9(7,14)15)10(22,11(16,17)18)12(19,20)21;1-5-6(2)8-3-7(5)4-9(8,13)10(20,11(14,15)16)12(17,18)19;;;;;;;;;;;;/h5-12,27H,3-4H2,1-2H3;6-13,25H,3-5H2,1-2H3;5-8,23H,3-4H2,1-2H3;6-9,21H,3-5H2,1-2H3;4-7,22H,3H2,1-2H3;5-8,20H,3-4H2,1-2H3;12*1H4. The van der Waals surface area contributed by atoms with Crippen molar-refractivity contribution in [2.24, 2.45) is 189 Å². The maximum absolute atomic E-state index is 15.6. The largest absolute Gasteiger partial charge is 0.429 e. The molecule has 0 spiro atoms. The Kier molecular flexibility index (Phi) is 42.0. The van der Waals surface area contributed by atoms with Gasteiger partial charge in [0.05, 0.1) is 0 Å². The Morgan fingerprint density at radius 1 is 0.193 bits per heavy atom. The summed E-state index contributed by atoms with van der Waals surface area (Å²) in [5.41, 5.74) is -57.7. The first-order valence-electron chi connectivity index (χ1n) is 44.3. The van der Waals surface area contributed by atoms with Crippen LogP contribution in [0.2, 0.25) is 0 Å². The van der Waals surface area contributed by atoms with Crippen LogP contribution in [-0.4, -0.2) is 190 Å². The molecule has 16 bridgehead atoms. The van der Waals surface area contributed by atoms with Crippen molar-refractivity contribution in [2.45, 2.75) is 415 Å². The van der Waals surface area contributed by atoms with Crippen molar-refractivity contribution in [3.63, 3.8) is 0 Å². The molecular formula is C96H148F48O6. The number of fused-ring (bicyclic) bond motifs is 26. The van der Waals surface area contributed by atoms with E-state index >= 15 is 8.78 Å². The first-order chi connectivity index (χ1) is 60.8. The van der Waals surface area contributed by atoms with Crippen LogP contribution in [0, 0.1) is 189 Å². The number of hydrogen-bond acceptors (Lipinski definition) is 6. The molecule has 0 radical (unpaired) electrons. The first-order valence-corrected chi connectivity index (χ1v) is 44.3. The zero-order chi connectivity index (χ0) is 107. The second-order valence-electron chi connectivity index (χ2n) is 43.3. The van der Waals surface area contributed by atoms with E-state index in [9.17, 15) is 227 Å². The van der Waals surface area contributed by atoms with Gasteiger partial charge in [0.25, 0.3) is 51.4 Å². The lowest BCUT2D eigenvalue weighted by molar-refractivity contribution is -0.435. The molecule has 6 N–H and O–H groups in total. The van der Waals surface area contributed by atoms with Crippen molar-refractivity contribution >= 4 is 0 Å². The fraction of sp³-hybridized carbons (Fsp3) is 1.00. The highest BCUT2D eigenvalue weighted by Gasteiger charge is 2.98. The Labute approximate surface area is 843 Å². The molecule has 0 aromatic rings. The summed E-state index contributed by atoms with van der Waals surface area (Å²) in [7, 11) is 0. The SMILES string of the molecule is C.C.C.C.C.C.C.C.C.C.C.C.CC1C(C)C2CC1C(F)(F)C2(F)C(O)(C(F)(F)F)C(F)(F)F.CC1C(C)C2CC1C(F)(F)C2(F)CC(O)(C(F)(F)F)C(F)(F)F.CC1C(C)C2CC1C1C2C2CC1C(F)(F)C2(F)C(O)(C(F)(F)F)C(F)(F)F.CC1C(C)C2CC1C1C3CC(C21)C(F)(C(O)(C(F)(F)F)C(F)(F)F)C3.CC1C2CC(C1C)C(F)(C(O)(C(F)(F)F)C(F)(F)F)C2.CC1C2CC(C1C)C(F)(CC(O)(C(F)(F)F)C(F)(F)F)C2. The van der Waals surface area contributed by atoms with Gasteiger partial charge in [-0.25, -0.2) is 52.7 Å². The van der Waals surface area contributed by atoms with Crippen LogP contribution in [0.25, 0.3) is 0 Å². The molecule has 54 heteroatoms. The van der Waals surface area contributed by atoms with Gasteiger partial charge in [-0.05, 0) is 219 Å². The molecule has 150 heavy (non-hydrogen) atoms. The van der Waals surface area contributed by atoms with E-state index in [0.717, 1.165) is 13.3 Å². The smallest absolute Gasteiger partial charge is 0.374 e. The Hall–Kier alpha value is -3.60. The third-order valence-electron chi connectivity index (χ3n) is 38.6. The van der Waals surface area contributed by atoms with Crippen molar-refractivity contribution in [1.82, 2.24) is 0 Å². The highest BCUT2D eigenvalue weighted by Crippen LogP contribution is 2.82. The number of aliphatic hydroxyl groups is 6. The molecule has 904 valence electrons. The Bertz CT molecular complexity index is 4320. The van der Waals surface area contributed by atoms with Gasteiger partial charge in [-0.2, -0.15) is 158 Å². The summed E-state index contributed by atoms with van der Waals surface area (Å²) in [6.45, 7) is 19.3. The number of halogens is 48. The number of hydrogen-bond donors (Lipinski definition) is 6. The summed E-state index contributed by atoms with van der Waals surface area (Å²) in [4.78, 5) is 0. The Morgan fingerprint density at radius 3 is 0.713 bits per heavy atom. The van der Waals surface area contributed by atoms with E-state index in [1.165, 1.54) is 27.7 Å². The molecule has 0 saturated heterocycles. The van der Waals surface area contributed by atoms with E-state index in [2.05, 4.69) is 6.92 Å². The average molecular weight is 2310 g/mol. The summed E-state index contributed by atoms with van der Waals surface area (Å²) < 4.78 is 643. The lowest BCUT2D eigenvalue weighted by Gasteiger charge is -2.54. The van der Waals surface area contributed by atoms with Crippen LogP contribution in [0.4, 0.5) is 211 Å². The van der Waals surface area contributed by atoms with Gasteiger partial charge in [-0.1, -0.05) is 172 Å². The topological polar surface area (TPSA) is 121 Å². The third kappa shape index (κ3) is 19.3. The van der Waals surface area contributed by atoms with Gasteiger partial charge in [0.2, 0.25) is 11.3 Å². The van der Waals surface area contributed by atoms with Crippen molar-refractivity contribution in [1.29, 1.82) is 0 Å². The van der Waals surface area contributed by atoms with Gasteiger partial charge < -0.3 is 30.6 Å². The van der Waals surface area contributed by atoms with E-state index in [4.69, 9.17) is 5.11 Å². The van der Waals surface area contributed by atoms with Gasteiger partial charge in [-0.15, -0.1) is 0 Å². The van der Waals surface area contributed by atoms with E-state index in [1.807, 2.05) is 20.8 Å². The van der Waals surface area contributed by atoms with E-state index in [0.29, 0.717) is 12.3 Å². The lowest BCUT2D eigenvalue weighted by atomic mass is 9.57. The average Bonchev–Trinajstić information content (AvgIpc) is 1.47. The van der Waals surface area contributed by atoms with Crippen LogP contribution in [0.3, 0.4) is 0 Å². The number of alkyl halides is 48. The van der Waals surface area contributed by atoms with Crippen LogP contribution in [0.5, 0.6) is 0 Å². The molecule has 16 aliphatic rings. The van der Waals surface area contributed by atoms with Gasteiger partial charge in [0.15, 0.2) is 17.0 Å². The van der Waals surface area contributed by atoms with E-state index in [1.54, 1.807) is 20.8 Å². The summed E-state index contributed by atoms with van der Waals surface area (Å²) in [6, 6.07) is 0. The second-order valence-corrected chi connectivity index (χ2v) is 43.3. The highest BCUT2D eigenvalue weighted by atomic mass is 19.5. The minimum atomic E-state index is -6.63. The minimum Gasteiger partial charge on any atom is -0.374 e. The summed E-state index contributed by atoms with van der Waals surface area (Å²) >= 11 is 0. The zero-order valence-electron chi connectivity index (χ0n) is 74.0. The maximum atomic E-state index is 15.6. The Morgan fingerprint density at radius 2 is 0.420 bits per heavy atom. The normalized spacial score (nSPS) is 41.6. The summed E-state index contributed by atoms with van der Waals surface area (Å²) in [5.74, 6) is -37.7. The fourth-order valence-electron chi connectivity index (χ4n) is 30.7. The highest BCUT2D eigenvalue weighted by molar-refractivity contribution is 5.33. The van der Waals surface area contributed by atoms with Crippen molar-refractivity contribution in [3.05, 3.63) is 0 Å². The molecule has 6 nitrogen and oxygen atoms in total. The Balaban J connectivity index is 0. The molecule has 0 aliphatic heterocycles. The summed E-state index contributed by atoms with van der Waals surface area (Å²) in [5, 5.41) is 56.2. The molecule has 16 saturated carbocycles. The third-order valence-corrected chi connectivity index (χ3v) is 38.6. The van der Waals surface area contributed by atoms with E-state index in [-0.39, 0.29) is 180 Å². The minimum absolute atomic E-state index is 0. The molecule has 16 rings (SSSR count). The molecule has 38 atom stereocenters. The molecular weight excluding hydrogens is 2160 g/mol. The van der Waals surface area contributed by atoms with Crippen molar-refractivity contribution < 1.29 is 241 Å². The molecule has 0 amide bonds. The van der Waals surface area contributed by atoms with Gasteiger partial charge in [0, 0.05) is 54.3 Å². The molecule has 16 fully saturated rings. The predicted molar refractivity (Wildman–Crippen MR) is 461 cm³/mol. The van der Waals surface area contributed by atoms with Crippen LogP contribution in [-0.2, 0) is 0 Å². The quantitative estimate of drug-likeness (QED) is 0.106. The predicted octanol–water partition coefficient (Wildman–Crippen LogP) is 34.1. The monoisotopic (exact) mass is 2310 g/mol. The maximum Gasteiger partial charge on any atom is 0.429 e. The lowest BCUT2D eigenvalue weighted by Crippen LogP contribution is -2.77. The second kappa shape index (κ2) is 42.4. The molecule has 0 aromatic carbocycles. The van der Waals surface area contributed by atoms with Crippen molar-refractivity contribution in [2.75, 3.05) is 0 Å². The zero-order valence-corrected chi connectivity index (χ0v) is 74.0. The molecule has 0 heterocycles. The van der Waals surface area contributed by atoms with E-state index < -0.39 is 323 Å². The van der Waals surface area contributed by atoms with Crippen LogP contribution < -0.4 is 0 Å². The van der Waals surface area contributed by atoms with Gasteiger partial charge >= 0.3 is 74.1 Å². The van der Waals surface area contributed by atoms with Crippen LogP contribution in [0.15, 0.2) is 0 Å². The number of rotatable bonds is 8. The van der Waals surface area contributed by atoms with Gasteiger partial charge in [-0.3, -0.25) is 0 Å². The summed E-state index contributed by atoms with van der Waals surface area (Å²) in [6.07, 6.45) is -83.0. The van der Waals surface area contributed by atoms with Gasteiger partial charge in [0.1, 0.15) is 5.67 Å². The van der Waals surface area contributed by atoms with Crippen LogP contribution in [0.1, 0.15) is 256 Å². The molecule has 0 aromatic heterocycles. The molecule has 38 unspecified atom stereocenters. The first kappa shape index (κ1) is 148. The fourth-order valence-corrected chi connectivity index (χ4v) is 30.7. The van der Waals surface area contributed by atoms with Crippen molar-refractivity contribution in [3.8, 4) is 0 Å². The van der Waals surface area contributed by atoms with Crippen LogP contribution >= 0.6 is 0 Å². The molecule has 16 aliphatic carbocycles.